The molecule has 0 aliphatic rings. The fourth-order valence-electron chi connectivity index (χ4n) is 3.88. The van der Waals surface area contributed by atoms with Gasteiger partial charge in [-0.25, -0.2) is 0 Å². The van der Waals surface area contributed by atoms with Crippen LogP contribution in [0, 0.1) is 5.92 Å². The van der Waals surface area contributed by atoms with Crippen molar-refractivity contribution in [1.29, 1.82) is 0 Å². The summed E-state index contributed by atoms with van der Waals surface area (Å²) in [5.74, 6) is 8.05. The Morgan fingerprint density at radius 3 is 2.44 bits per heavy atom. The monoisotopic (exact) mass is 435 g/mol. The van der Waals surface area contributed by atoms with E-state index in [9.17, 15) is 0 Å². The van der Waals surface area contributed by atoms with E-state index in [1.54, 1.807) is 4.40 Å². The molecule has 2 heterocycles. The van der Waals surface area contributed by atoms with Crippen LogP contribution in [0.15, 0.2) is 54.7 Å². The Labute approximate surface area is 168 Å². The van der Waals surface area contributed by atoms with Gasteiger partial charge in [-0.1, -0.05) is 0 Å². The molecule has 4 rings (SSSR count). The summed E-state index contributed by atoms with van der Waals surface area (Å²) in [5.41, 5.74) is 3.91. The molecular weight excluding hydrogens is 407 g/mol. The first-order valence-electron chi connectivity index (χ1n) is 9.74. The normalized spacial score (nSPS) is 12.4. The number of thiophene rings is 1. The maximum absolute atomic E-state index is 4.96. The van der Waals surface area contributed by atoms with E-state index in [0.29, 0.717) is 5.92 Å². The van der Waals surface area contributed by atoms with Crippen molar-refractivity contribution in [3.63, 3.8) is 0 Å². The Hall–Kier alpha value is -1.65. The van der Waals surface area contributed by atoms with Crippen LogP contribution in [0.4, 0.5) is 0 Å². The van der Waals surface area contributed by atoms with E-state index in [1.165, 1.54) is 31.3 Å². The zero-order chi connectivity index (χ0) is 19.2. The Kier molecular flexibility index (Phi) is 4.90. The van der Waals surface area contributed by atoms with Gasteiger partial charge >= 0.3 is 169 Å². The third-order valence-electron chi connectivity index (χ3n) is 5.11. The van der Waals surface area contributed by atoms with Crippen molar-refractivity contribution < 1.29 is 0 Å². The molecule has 2 aromatic heterocycles. The molecule has 0 spiro atoms. The summed E-state index contributed by atoms with van der Waals surface area (Å²) in [5, 5.41) is 2.70. The Bertz CT molecular complexity index is 1120. The Morgan fingerprint density at radius 1 is 0.963 bits per heavy atom. The van der Waals surface area contributed by atoms with Crippen molar-refractivity contribution >= 4 is 49.2 Å². The zero-order valence-electron chi connectivity index (χ0n) is 16.8. The first-order chi connectivity index (χ1) is 12.8. The number of hydrogen-bond donors (Lipinski definition) is 0. The number of aromatic nitrogens is 1. The van der Waals surface area contributed by atoms with Gasteiger partial charge in [-0.2, -0.15) is 0 Å². The van der Waals surface area contributed by atoms with Crippen molar-refractivity contribution in [3.8, 4) is 11.3 Å². The van der Waals surface area contributed by atoms with E-state index >= 15 is 0 Å². The van der Waals surface area contributed by atoms with Crippen LogP contribution in [0.25, 0.3) is 31.4 Å². The topological polar surface area (TPSA) is 12.9 Å². The third kappa shape index (κ3) is 3.57. The van der Waals surface area contributed by atoms with Crippen molar-refractivity contribution in [2.75, 3.05) is 0 Å². The fraction of sp³-hybridized carbons (Fsp3) is 0.292. The van der Waals surface area contributed by atoms with Crippen LogP contribution in [0.1, 0.15) is 19.4 Å². The SMILES string of the molecule is CC(C)Cc1cc(-c2cccc3c2sc2ccccc23)nc[c]1[Ge]([CH3])([CH3])[CH3]. The number of pyridine rings is 1. The van der Waals surface area contributed by atoms with Crippen LogP contribution in [-0.4, -0.2) is 18.3 Å². The van der Waals surface area contributed by atoms with E-state index in [4.69, 9.17) is 4.98 Å². The van der Waals surface area contributed by atoms with Crippen LogP contribution in [0.5, 0.6) is 0 Å². The van der Waals surface area contributed by atoms with Gasteiger partial charge in [-0.3, -0.25) is 0 Å². The second-order valence-corrected chi connectivity index (χ2v) is 20.5. The van der Waals surface area contributed by atoms with Gasteiger partial charge in [0.25, 0.3) is 0 Å². The van der Waals surface area contributed by atoms with Gasteiger partial charge in [-0.05, 0) is 0 Å². The second-order valence-electron chi connectivity index (χ2n) is 8.86. The van der Waals surface area contributed by atoms with E-state index in [1.807, 2.05) is 11.3 Å². The fourth-order valence-corrected chi connectivity index (χ4v) is 8.44. The molecule has 2 aromatic carbocycles. The Balaban J connectivity index is 1.93. The molecule has 0 amide bonds. The van der Waals surface area contributed by atoms with Crippen molar-refractivity contribution in [3.05, 3.63) is 60.3 Å². The molecular formula is C24H27GeNS. The van der Waals surface area contributed by atoms with E-state index < -0.39 is 13.3 Å². The number of fused-ring (bicyclic) bond motifs is 3. The predicted octanol–water partition coefficient (Wildman–Crippen LogP) is 6.86. The van der Waals surface area contributed by atoms with Gasteiger partial charge < -0.3 is 0 Å². The van der Waals surface area contributed by atoms with Crippen molar-refractivity contribution in [2.24, 2.45) is 5.92 Å². The molecule has 0 saturated carbocycles. The van der Waals surface area contributed by atoms with Gasteiger partial charge in [-0.15, -0.1) is 0 Å². The molecule has 1 nitrogen and oxygen atoms in total. The van der Waals surface area contributed by atoms with E-state index in [2.05, 4.69) is 85.8 Å². The molecule has 0 atom stereocenters. The molecule has 0 radical (unpaired) electrons. The average molecular weight is 434 g/mol. The molecule has 0 bridgehead atoms. The summed E-state index contributed by atoms with van der Waals surface area (Å²) in [6.07, 6.45) is 3.33. The van der Waals surface area contributed by atoms with Gasteiger partial charge in [0.1, 0.15) is 0 Å². The summed E-state index contributed by atoms with van der Waals surface area (Å²) in [4.78, 5) is 4.96. The minimum absolute atomic E-state index is 0.656. The first-order valence-corrected chi connectivity index (χ1v) is 17.9. The minimum atomic E-state index is -1.94. The van der Waals surface area contributed by atoms with Crippen LogP contribution >= 0.6 is 11.3 Å². The number of rotatable bonds is 4. The van der Waals surface area contributed by atoms with Crippen LogP contribution in [0.3, 0.4) is 0 Å². The Morgan fingerprint density at radius 2 is 1.70 bits per heavy atom. The van der Waals surface area contributed by atoms with Crippen molar-refractivity contribution in [1.82, 2.24) is 4.98 Å². The average Bonchev–Trinajstić information content (AvgIpc) is 2.99. The van der Waals surface area contributed by atoms with Crippen LogP contribution in [-0.2, 0) is 6.42 Å². The van der Waals surface area contributed by atoms with Gasteiger partial charge in [0.15, 0.2) is 0 Å². The van der Waals surface area contributed by atoms with Crippen molar-refractivity contribution in [2.45, 2.75) is 37.5 Å². The molecule has 3 heteroatoms. The quantitative estimate of drug-likeness (QED) is 0.320. The van der Waals surface area contributed by atoms with Gasteiger partial charge in [0.05, 0.1) is 0 Å². The molecule has 0 N–H and O–H groups in total. The summed E-state index contributed by atoms with van der Waals surface area (Å²) in [6, 6.07) is 17.7. The summed E-state index contributed by atoms with van der Waals surface area (Å²) in [7, 11) is 0. The van der Waals surface area contributed by atoms with Gasteiger partial charge in [0, 0.05) is 0 Å². The van der Waals surface area contributed by atoms with E-state index in [-0.39, 0.29) is 0 Å². The van der Waals surface area contributed by atoms with Crippen LogP contribution < -0.4 is 4.40 Å². The predicted molar refractivity (Wildman–Crippen MR) is 124 cm³/mol. The molecule has 0 unspecified atom stereocenters. The number of nitrogens with zero attached hydrogens (tertiary/aromatic N) is 1. The van der Waals surface area contributed by atoms with E-state index in [0.717, 1.165) is 12.1 Å². The molecule has 0 saturated heterocycles. The molecule has 27 heavy (non-hydrogen) atoms. The molecule has 0 aliphatic carbocycles. The zero-order valence-corrected chi connectivity index (χ0v) is 19.8. The molecule has 0 fully saturated rings. The second kappa shape index (κ2) is 7.07. The summed E-state index contributed by atoms with van der Waals surface area (Å²) < 4.78 is 4.26. The molecule has 4 aromatic rings. The molecule has 138 valence electrons. The third-order valence-corrected chi connectivity index (χ3v) is 10.7. The first kappa shape index (κ1) is 18.7. The number of benzene rings is 2. The standard InChI is InChI=1S/C24H27GeNS/c1-16(2)13-17-14-22(26-15-21(17)25(3,4)5)20-11-8-10-19-18-9-6-7-12-23(18)27-24(19)20/h6-12,14-16H,13H2,1-5H3. The van der Waals surface area contributed by atoms with Crippen LogP contribution in [0.2, 0.25) is 17.3 Å². The number of hydrogen-bond acceptors (Lipinski definition) is 2. The van der Waals surface area contributed by atoms with Gasteiger partial charge in [0.2, 0.25) is 0 Å². The summed E-state index contributed by atoms with van der Waals surface area (Å²) >= 11 is -0.0559. The summed E-state index contributed by atoms with van der Waals surface area (Å²) in [6.45, 7) is 4.62. The molecule has 0 aliphatic heterocycles. The maximum atomic E-state index is 4.96.